The number of nitrogen functional groups attached to an aromatic ring is 1. The van der Waals surface area contributed by atoms with Gasteiger partial charge in [-0.3, -0.25) is 4.98 Å². The number of rotatable bonds is 4. The lowest BCUT2D eigenvalue weighted by atomic mass is 10.2. The van der Waals surface area contributed by atoms with E-state index in [0.717, 1.165) is 0 Å². The van der Waals surface area contributed by atoms with Crippen LogP contribution < -0.4 is 10.5 Å². The van der Waals surface area contributed by atoms with Gasteiger partial charge in [-0.1, -0.05) is 12.1 Å². The summed E-state index contributed by atoms with van der Waals surface area (Å²) >= 11 is 0. The van der Waals surface area contributed by atoms with E-state index >= 15 is 0 Å². The first-order valence-electron chi connectivity index (χ1n) is 5.75. The Morgan fingerprint density at radius 1 is 1.26 bits per heavy atom. The van der Waals surface area contributed by atoms with E-state index in [1.54, 1.807) is 37.4 Å². The first-order valence-corrected chi connectivity index (χ1v) is 7.23. The normalized spacial score (nSPS) is 11.4. The van der Waals surface area contributed by atoms with Crippen LogP contribution >= 0.6 is 0 Å². The highest BCUT2D eigenvalue weighted by molar-refractivity contribution is 7.89. The van der Waals surface area contributed by atoms with Gasteiger partial charge in [0.05, 0.1) is 17.1 Å². The van der Waals surface area contributed by atoms with Gasteiger partial charge in [-0.2, -0.15) is 0 Å². The van der Waals surface area contributed by atoms with Crippen LogP contribution in [0.15, 0.2) is 47.5 Å². The van der Waals surface area contributed by atoms with Crippen molar-refractivity contribution in [3.63, 3.8) is 0 Å². The highest BCUT2D eigenvalue weighted by Gasteiger charge is 2.16. The van der Waals surface area contributed by atoms with Crippen molar-refractivity contribution in [1.29, 1.82) is 0 Å². The summed E-state index contributed by atoms with van der Waals surface area (Å²) in [6.07, 6.45) is 1.62. The Kier molecular flexibility index (Phi) is 3.82. The van der Waals surface area contributed by atoms with Gasteiger partial charge < -0.3 is 5.73 Å². The van der Waals surface area contributed by atoms with E-state index < -0.39 is 10.0 Å². The Morgan fingerprint density at radius 3 is 2.74 bits per heavy atom. The van der Waals surface area contributed by atoms with Crippen LogP contribution in [0.3, 0.4) is 0 Å². The van der Waals surface area contributed by atoms with E-state index in [0.29, 0.717) is 16.9 Å². The molecule has 2 aromatic rings. The fraction of sp³-hybridized carbons (Fsp3) is 0.154. The standard InChI is InChI=1S/C13H15N3O2S/c1-10-5-6-11(14)8-13(10)19(17,18)16-9-12-4-2-3-7-15-12/h2-8,16H,9,14H2,1H3. The molecule has 0 bridgehead atoms. The summed E-state index contributed by atoms with van der Waals surface area (Å²) in [5.41, 5.74) is 7.36. The Bertz CT molecular complexity index is 670. The van der Waals surface area contributed by atoms with Gasteiger partial charge in [0, 0.05) is 11.9 Å². The molecule has 0 saturated carbocycles. The molecule has 0 amide bonds. The van der Waals surface area contributed by atoms with Crippen LogP contribution in [0.2, 0.25) is 0 Å². The maximum atomic E-state index is 12.2. The molecule has 6 heteroatoms. The van der Waals surface area contributed by atoms with Gasteiger partial charge in [-0.15, -0.1) is 0 Å². The fourth-order valence-electron chi connectivity index (χ4n) is 1.66. The van der Waals surface area contributed by atoms with Crippen LogP contribution in [0.25, 0.3) is 0 Å². The SMILES string of the molecule is Cc1ccc(N)cc1S(=O)(=O)NCc1ccccn1. The molecule has 0 radical (unpaired) electrons. The third-order valence-electron chi connectivity index (χ3n) is 2.67. The number of sulfonamides is 1. The van der Waals surface area contributed by atoms with Gasteiger partial charge in [0.15, 0.2) is 0 Å². The molecule has 0 aliphatic rings. The predicted molar refractivity (Wildman–Crippen MR) is 73.9 cm³/mol. The summed E-state index contributed by atoms with van der Waals surface area (Å²) < 4.78 is 26.9. The summed E-state index contributed by atoms with van der Waals surface area (Å²) in [7, 11) is -3.58. The molecule has 100 valence electrons. The average molecular weight is 277 g/mol. The van der Waals surface area contributed by atoms with Crippen LogP contribution in [-0.2, 0) is 16.6 Å². The number of aryl methyl sites for hydroxylation is 1. The van der Waals surface area contributed by atoms with Crippen molar-refractivity contribution in [2.75, 3.05) is 5.73 Å². The second-order valence-corrected chi connectivity index (χ2v) is 5.91. The van der Waals surface area contributed by atoms with Crippen molar-refractivity contribution in [3.8, 4) is 0 Å². The number of nitrogens with zero attached hydrogens (tertiary/aromatic N) is 1. The summed E-state index contributed by atoms with van der Waals surface area (Å²) in [5, 5.41) is 0. The lowest BCUT2D eigenvalue weighted by Crippen LogP contribution is -2.24. The van der Waals surface area contributed by atoms with Crippen molar-refractivity contribution in [1.82, 2.24) is 9.71 Å². The minimum Gasteiger partial charge on any atom is -0.399 e. The molecule has 19 heavy (non-hydrogen) atoms. The summed E-state index contributed by atoms with van der Waals surface area (Å²) in [6.45, 7) is 1.88. The number of pyridine rings is 1. The number of hydrogen-bond acceptors (Lipinski definition) is 4. The van der Waals surface area contributed by atoms with Gasteiger partial charge in [0.25, 0.3) is 0 Å². The first kappa shape index (κ1) is 13.5. The van der Waals surface area contributed by atoms with Crippen LogP contribution in [0, 0.1) is 6.92 Å². The highest BCUT2D eigenvalue weighted by atomic mass is 32.2. The first-order chi connectivity index (χ1) is 8.99. The monoisotopic (exact) mass is 277 g/mol. The molecule has 3 N–H and O–H groups in total. The Hall–Kier alpha value is -1.92. The van der Waals surface area contributed by atoms with Crippen LogP contribution in [-0.4, -0.2) is 13.4 Å². The van der Waals surface area contributed by atoms with Crippen molar-refractivity contribution >= 4 is 15.7 Å². The number of nitrogens with one attached hydrogen (secondary N) is 1. The minimum absolute atomic E-state index is 0.150. The number of nitrogens with two attached hydrogens (primary N) is 1. The molecule has 2 rings (SSSR count). The molecule has 0 saturated heterocycles. The molecule has 5 nitrogen and oxygen atoms in total. The van der Waals surface area contributed by atoms with Crippen molar-refractivity contribution in [2.45, 2.75) is 18.4 Å². The molecule has 1 heterocycles. The fourth-order valence-corrected chi connectivity index (χ4v) is 2.93. The molecule has 1 aromatic heterocycles. The summed E-state index contributed by atoms with van der Waals surface area (Å²) in [5.74, 6) is 0. The number of benzene rings is 1. The molecule has 1 aromatic carbocycles. The van der Waals surface area contributed by atoms with Crippen LogP contribution in [0.4, 0.5) is 5.69 Å². The number of hydrogen-bond donors (Lipinski definition) is 2. The molecule has 0 aliphatic heterocycles. The third kappa shape index (κ3) is 3.30. The Balaban J connectivity index is 2.21. The Morgan fingerprint density at radius 2 is 2.05 bits per heavy atom. The lowest BCUT2D eigenvalue weighted by molar-refractivity contribution is 0.580. The summed E-state index contributed by atoms with van der Waals surface area (Å²) in [4.78, 5) is 4.26. The molecular formula is C13H15N3O2S. The minimum atomic E-state index is -3.58. The summed E-state index contributed by atoms with van der Waals surface area (Å²) in [6, 6.07) is 10.2. The molecule has 0 spiro atoms. The quantitative estimate of drug-likeness (QED) is 0.828. The predicted octanol–water partition coefficient (Wildman–Crippen LogP) is 1.45. The second-order valence-electron chi connectivity index (χ2n) is 4.17. The largest absolute Gasteiger partial charge is 0.399 e. The van der Waals surface area contributed by atoms with E-state index in [2.05, 4.69) is 9.71 Å². The second kappa shape index (κ2) is 5.38. The highest BCUT2D eigenvalue weighted by Crippen LogP contribution is 2.18. The van der Waals surface area contributed by atoms with Gasteiger partial charge in [-0.25, -0.2) is 13.1 Å². The Labute approximate surface area is 112 Å². The molecule has 0 unspecified atom stereocenters. The average Bonchev–Trinajstić information content (AvgIpc) is 2.40. The maximum absolute atomic E-state index is 12.2. The molecule has 0 fully saturated rings. The smallest absolute Gasteiger partial charge is 0.241 e. The lowest BCUT2D eigenvalue weighted by Gasteiger charge is -2.09. The van der Waals surface area contributed by atoms with Crippen LogP contribution in [0.5, 0.6) is 0 Å². The van der Waals surface area contributed by atoms with E-state index in [1.165, 1.54) is 6.07 Å². The molecule has 0 aliphatic carbocycles. The zero-order valence-corrected chi connectivity index (χ0v) is 11.3. The van der Waals surface area contributed by atoms with Gasteiger partial charge in [-0.05, 0) is 36.8 Å². The zero-order chi connectivity index (χ0) is 13.9. The van der Waals surface area contributed by atoms with Crippen molar-refractivity contribution in [2.24, 2.45) is 0 Å². The van der Waals surface area contributed by atoms with Gasteiger partial charge >= 0.3 is 0 Å². The van der Waals surface area contributed by atoms with E-state index in [9.17, 15) is 8.42 Å². The third-order valence-corrected chi connectivity index (χ3v) is 4.21. The van der Waals surface area contributed by atoms with Crippen molar-refractivity contribution in [3.05, 3.63) is 53.9 Å². The van der Waals surface area contributed by atoms with Gasteiger partial charge in [0.2, 0.25) is 10.0 Å². The molecule has 0 atom stereocenters. The van der Waals surface area contributed by atoms with E-state index in [4.69, 9.17) is 5.73 Å². The maximum Gasteiger partial charge on any atom is 0.241 e. The molecular weight excluding hydrogens is 262 g/mol. The van der Waals surface area contributed by atoms with Crippen LogP contribution in [0.1, 0.15) is 11.3 Å². The van der Waals surface area contributed by atoms with E-state index in [-0.39, 0.29) is 11.4 Å². The van der Waals surface area contributed by atoms with Gasteiger partial charge in [0.1, 0.15) is 0 Å². The number of aromatic nitrogens is 1. The van der Waals surface area contributed by atoms with E-state index in [1.807, 2.05) is 6.07 Å². The number of anilines is 1. The zero-order valence-electron chi connectivity index (χ0n) is 10.5. The van der Waals surface area contributed by atoms with Crippen molar-refractivity contribution < 1.29 is 8.42 Å². The topological polar surface area (TPSA) is 85.1 Å².